The van der Waals surface area contributed by atoms with Gasteiger partial charge in [0.15, 0.2) is 0 Å². The summed E-state index contributed by atoms with van der Waals surface area (Å²) in [5.74, 6) is -0.479. The lowest BCUT2D eigenvalue weighted by Crippen LogP contribution is -2.33. The molecule has 26 heavy (non-hydrogen) atoms. The molecule has 2 aromatic carbocycles. The third kappa shape index (κ3) is 7.05. The zero-order valence-electron chi connectivity index (χ0n) is 15.1. The molecule has 0 aliphatic rings. The number of amides is 2. The summed E-state index contributed by atoms with van der Waals surface area (Å²) in [6.07, 6.45) is 2.05. The molecule has 0 saturated carbocycles. The smallest absolute Gasteiger partial charge is 0.221 e. The Labute approximate surface area is 154 Å². The average Bonchev–Trinajstić information content (AvgIpc) is 2.64. The maximum Gasteiger partial charge on any atom is 0.221 e. The lowest BCUT2D eigenvalue weighted by atomic mass is 10.1. The van der Waals surface area contributed by atoms with Crippen LogP contribution in [0, 0.1) is 5.82 Å². The van der Waals surface area contributed by atoms with Gasteiger partial charge < -0.3 is 10.2 Å². The number of halogens is 1. The van der Waals surface area contributed by atoms with Crippen molar-refractivity contribution in [2.24, 2.45) is 0 Å². The van der Waals surface area contributed by atoms with Gasteiger partial charge in [-0.3, -0.25) is 9.59 Å². The van der Waals surface area contributed by atoms with Crippen LogP contribution >= 0.6 is 0 Å². The average molecular weight is 356 g/mol. The van der Waals surface area contributed by atoms with Crippen LogP contribution in [0.2, 0.25) is 0 Å². The predicted molar refractivity (Wildman–Crippen MR) is 99.9 cm³/mol. The first-order valence-corrected chi connectivity index (χ1v) is 8.85. The van der Waals surface area contributed by atoms with Crippen molar-refractivity contribution in [3.05, 3.63) is 71.5 Å². The Morgan fingerprint density at radius 1 is 1.00 bits per heavy atom. The van der Waals surface area contributed by atoms with Crippen molar-refractivity contribution in [2.45, 2.75) is 32.7 Å². The van der Waals surface area contributed by atoms with Gasteiger partial charge in [-0.2, -0.15) is 0 Å². The first kappa shape index (κ1) is 19.6. The second-order valence-electron chi connectivity index (χ2n) is 6.26. The van der Waals surface area contributed by atoms with Crippen LogP contribution in [0.1, 0.15) is 30.9 Å². The molecule has 0 radical (unpaired) electrons. The highest BCUT2D eigenvalue weighted by atomic mass is 19.1. The molecule has 0 fully saturated rings. The highest BCUT2D eigenvalue weighted by molar-refractivity contribution is 5.78. The van der Waals surface area contributed by atoms with Gasteiger partial charge in [0.25, 0.3) is 0 Å². The summed E-state index contributed by atoms with van der Waals surface area (Å²) in [6.45, 7) is 2.81. The fraction of sp³-hybridized carbons (Fsp3) is 0.333. The minimum atomic E-state index is -0.307. The molecule has 5 heteroatoms. The zero-order valence-corrected chi connectivity index (χ0v) is 15.1. The van der Waals surface area contributed by atoms with E-state index in [0.29, 0.717) is 19.6 Å². The highest BCUT2D eigenvalue weighted by Crippen LogP contribution is 2.08. The molecular formula is C21H25FN2O2. The quantitative estimate of drug-likeness (QED) is 0.701. The second-order valence-corrected chi connectivity index (χ2v) is 6.26. The topological polar surface area (TPSA) is 49.4 Å². The van der Waals surface area contributed by atoms with Crippen LogP contribution in [0.25, 0.3) is 0 Å². The number of hydrogen-bond acceptors (Lipinski definition) is 2. The van der Waals surface area contributed by atoms with Crippen LogP contribution in [0.4, 0.5) is 4.39 Å². The van der Waals surface area contributed by atoms with E-state index in [1.54, 1.807) is 17.0 Å². The van der Waals surface area contributed by atoms with Crippen LogP contribution in [0.15, 0.2) is 54.6 Å². The van der Waals surface area contributed by atoms with Crippen LogP contribution in [0.3, 0.4) is 0 Å². The largest absolute Gasteiger partial charge is 0.356 e. The van der Waals surface area contributed by atoms with Crippen molar-refractivity contribution in [2.75, 3.05) is 13.1 Å². The number of nitrogens with one attached hydrogen (secondary N) is 1. The summed E-state index contributed by atoms with van der Waals surface area (Å²) in [7, 11) is 0. The van der Waals surface area contributed by atoms with E-state index >= 15 is 0 Å². The molecule has 2 amide bonds. The molecule has 0 heterocycles. The van der Waals surface area contributed by atoms with Gasteiger partial charge in [0.1, 0.15) is 5.82 Å². The molecule has 0 saturated heterocycles. The zero-order chi connectivity index (χ0) is 18.8. The van der Waals surface area contributed by atoms with Crippen molar-refractivity contribution in [1.82, 2.24) is 10.2 Å². The van der Waals surface area contributed by atoms with Crippen molar-refractivity contribution in [3.8, 4) is 0 Å². The van der Waals surface area contributed by atoms with Gasteiger partial charge in [0, 0.05) is 33.0 Å². The molecule has 0 aliphatic heterocycles. The summed E-state index contributed by atoms with van der Waals surface area (Å²) in [5, 5.41) is 2.89. The molecule has 138 valence electrons. The summed E-state index contributed by atoms with van der Waals surface area (Å²) in [5.41, 5.74) is 2.09. The van der Waals surface area contributed by atoms with E-state index in [1.807, 2.05) is 18.2 Å². The molecule has 0 atom stereocenters. The molecule has 2 rings (SSSR count). The summed E-state index contributed by atoms with van der Waals surface area (Å²) in [4.78, 5) is 25.3. The lowest BCUT2D eigenvalue weighted by Gasteiger charge is -2.21. The Morgan fingerprint density at radius 2 is 1.69 bits per heavy atom. The summed E-state index contributed by atoms with van der Waals surface area (Å²) >= 11 is 0. The number of benzene rings is 2. The van der Waals surface area contributed by atoms with Crippen LogP contribution in [0.5, 0.6) is 0 Å². The molecule has 0 aliphatic carbocycles. The first-order chi connectivity index (χ1) is 12.5. The van der Waals surface area contributed by atoms with Gasteiger partial charge >= 0.3 is 0 Å². The fourth-order valence-electron chi connectivity index (χ4n) is 2.65. The maximum atomic E-state index is 13.0. The maximum absolute atomic E-state index is 13.0. The van der Waals surface area contributed by atoms with Gasteiger partial charge in [-0.1, -0.05) is 42.5 Å². The molecule has 0 spiro atoms. The molecular weight excluding hydrogens is 331 g/mol. The Hall–Kier alpha value is -2.69. The Balaban J connectivity index is 1.69. The molecule has 0 unspecified atom stereocenters. The van der Waals surface area contributed by atoms with Crippen molar-refractivity contribution < 1.29 is 14.0 Å². The van der Waals surface area contributed by atoms with Gasteiger partial charge in [-0.25, -0.2) is 4.39 Å². The molecule has 4 nitrogen and oxygen atoms in total. The Morgan fingerprint density at radius 3 is 2.35 bits per heavy atom. The van der Waals surface area contributed by atoms with E-state index in [0.717, 1.165) is 18.4 Å². The van der Waals surface area contributed by atoms with Crippen LogP contribution in [-0.4, -0.2) is 29.8 Å². The van der Waals surface area contributed by atoms with E-state index in [9.17, 15) is 14.0 Å². The van der Waals surface area contributed by atoms with Crippen molar-refractivity contribution in [1.29, 1.82) is 0 Å². The van der Waals surface area contributed by atoms with E-state index in [2.05, 4.69) is 17.4 Å². The second kappa shape index (κ2) is 10.3. The lowest BCUT2D eigenvalue weighted by molar-refractivity contribution is -0.130. The van der Waals surface area contributed by atoms with Crippen molar-refractivity contribution >= 4 is 11.8 Å². The van der Waals surface area contributed by atoms with Crippen molar-refractivity contribution in [3.63, 3.8) is 0 Å². The number of carbonyl (C=O) groups is 2. The number of rotatable bonds is 9. The fourth-order valence-corrected chi connectivity index (χ4v) is 2.65. The summed E-state index contributed by atoms with van der Waals surface area (Å²) < 4.78 is 13.0. The number of carbonyl (C=O) groups excluding carboxylic acids is 2. The number of nitrogens with zero attached hydrogens (tertiary/aromatic N) is 1. The van der Waals surface area contributed by atoms with Gasteiger partial charge in [0.2, 0.25) is 11.8 Å². The monoisotopic (exact) mass is 356 g/mol. The standard InChI is InChI=1S/C21H25FN2O2/c1-17(25)24(16-19-9-11-20(22)12-10-19)15-13-21(26)23-14-5-8-18-6-3-2-4-7-18/h2-4,6-7,9-12H,5,8,13-16H2,1H3,(H,23,26). The van der Waals surface area contributed by atoms with E-state index < -0.39 is 0 Å². The number of aryl methyl sites for hydroxylation is 1. The van der Waals surface area contributed by atoms with E-state index in [-0.39, 0.29) is 24.1 Å². The Bertz CT molecular complexity index is 702. The molecule has 1 N–H and O–H groups in total. The molecule has 0 aromatic heterocycles. The first-order valence-electron chi connectivity index (χ1n) is 8.85. The minimum Gasteiger partial charge on any atom is -0.356 e. The number of hydrogen-bond donors (Lipinski definition) is 1. The normalized spacial score (nSPS) is 10.4. The van der Waals surface area contributed by atoms with Crippen LogP contribution < -0.4 is 5.32 Å². The third-order valence-electron chi connectivity index (χ3n) is 4.15. The van der Waals surface area contributed by atoms with E-state index in [4.69, 9.17) is 0 Å². The van der Waals surface area contributed by atoms with Gasteiger partial charge in [-0.05, 0) is 36.1 Å². The molecule has 0 bridgehead atoms. The van der Waals surface area contributed by atoms with E-state index in [1.165, 1.54) is 24.6 Å². The third-order valence-corrected chi connectivity index (χ3v) is 4.15. The highest BCUT2D eigenvalue weighted by Gasteiger charge is 2.12. The minimum absolute atomic E-state index is 0.0663. The Kier molecular flexibility index (Phi) is 7.80. The molecule has 2 aromatic rings. The predicted octanol–water partition coefficient (Wildman–Crippen LogP) is 3.31. The van der Waals surface area contributed by atoms with Crippen LogP contribution in [-0.2, 0) is 22.6 Å². The van der Waals surface area contributed by atoms with Gasteiger partial charge in [0.05, 0.1) is 0 Å². The van der Waals surface area contributed by atoms with Gasteiger partial charge in [-0.15, -0.1) is 0 Å². The SMILES string of the molecule is CC(=O)N(CCC(=O)NCCCc1ccccc1)Cc1ccc(F)cc1. The summed E-state index contributed by atoms with van der Waals surface area (Å²) in [6, 6.07) is 16.2.